The van der Waals surface area contributed by atoms with Gasteiger partial charge in [0.05, 0.1) is 18.3 Å². The maximum atomic E-state index is 12.6. The molecule has 8 nitrogen and oxygen atoms in total. The normalized spacial score (nSPS) is 18.7. The van der Waals surface area contributed by atoms with Gasteiger partial charge < -0.3 is 10.6 Å². The Morgan fingerprint density at radius 1 is 1.28 bits per heavy atom. The molecule has 2 rings (SSSR count). The summed E-state index contributed by atoms with van der Waals surface area (Å²) in [6, 6.07) is 1.94. The average molecular weight is 371 g/mol. The molecule has 0 radical (unpaired) electrons. The molecular formula is C16H30N6O2S. The van der Waals surface area contributed by atoms with Crippen molar-refractivity contribution in [1.82, 2.24) is 23.9 Å². The van der Waals surface area contributed by atoms with Gasteiger partial charge in [-0.05, 0) is 19.4 Å². The van der Waals surface area contributed by atoms with Gasteiger partial charge >= 0.3 is 0 Å². The van der Waals surface area contributed by atoms with Gasteiger partial charge in [-0.2, -0.15) is 17.0 Å². The minimum absolute atomic E-state index is 0.130. The van der Waals surface area contributed by atoms with Gasteiger partial charge in [-0.3, -0.25) is 0 Å². The Balaban J connectivity index is 2.23. The number of aromatic nitrogens is 2. The summed E-state index contributed by atoms with van der Waals surface area (Å²) in [5.74, 6) is 1.44. The Labute approximate surface area is 151 Å². The molecule has 1 aliphatic heterocycles. The second kappa shape index (κ2) is 8.88. The van der Waals surface area contributed by atoms with E-state index >= 15 is 0 Å². The minimum Gasteiger partial charge on any atom is -0.373 e. The third-order valence-electron chi connectivity index (χ3n) is 4.48. The summed E-state index contributed by atoms with van der Waals surface area (Å²) in [6.07, 6.45) is 3.32. The lowest BCUT2D eigenvalue weighted by atomic mass is 10.0. The van der Waals surface area contributed by atoms with Crippen LogP contribution in [0.5, 0.6) is 0 Å². The van der Waals surface area contributed by atoms with Crippen molar-refractivity contribution in [1.29, 1.82) is 0 Å². The molecule has 0 saturated carbocycles. The third kappa shape index (κ3) is 4.87. The topological polar surface area (TPSA) is 90.5 Å². The second-order valence-electron chi connectivity index (χ2n) is 6.20. The number of nitrogens with zero attached hydrogens (tertiary/aromatic N) is 4. The Morgan fingerprint density at radius 2 is 2.00 bits per heavy atom. The van der Waals surface area contributed by atoms with Gasteiger partial charge in [0.2, 0.25) is 0 Å². The molecule has 0 spiro atoms. The molecule has 0 amide bonds. The molecule has 0 aromatic carbocycles. The van der Waals surface area contributed by atoms with Gasteiger partial charge in [-0.15, -0.1) is 0 Å². The summed E-state index contributed by atoms with van der Waals surface area (Å²) in [5.41, 5.74) is 0.694. The molecule has 1 aromatic heterocycles. The second-order valence-corrected chi connectivity index (χ2v) is 8.24. The monoisotopic (exact) mass is 370 g/mol. The Bertz CT molecular complexity index is 657. The van der Waals surface area contributed by atoms with E-state index in [2.05, 4.69) is 20.6 Å². The first kappa shape index (κ1) is 20.0. The molecule has 0 bridgehead atoms. The molecule has 1 aliphatic rings. The maximum Gasteiger partial charge on any atom is 0.282 e. The van der Waals surface area contributed by atoms with Crippen LogP contribution in [0, 0.1) is 0 Å². The molecule has 0 aliphatic carbocycles. The summed E-state index contributed by atoms with van der Waals surface area (Å²) < 4.78 is 28.0. The van der Waals surface area contributed by atoms with E-state index in [9.17, 15) is 8.42 Å². The predicted octanol–water partition coefficient (Wildman–Crippen LogP) is 1.35. The van der Waals surface area contributed by atoms with Crippen LogP contribution in [-0.2, 0) is 16.8 Å². The van der Waals surface area contributed by atoms with Crippen molar-refractivity contribution in [3.63, 3.8) is 0 Å². The molecule has 1 saturated heterocycles. The summed E-state index contributed by atoms with van der Waals surface area (Å²) in [4.78, 5) is 9.18. The Hall–Kier alpha value is -1.29. The first-order valence-electron chi connectivity index (χ1n) is 8.92. The molecule has 2 N–H and O–H groups in total. The highest BCUT2D eigenvalue weighted by Crippen LogP contribution is 2.22. The fraction of sp³-hybridized carbons (Fsp3) is 0.750. The summed E-state index contributed by atoms with van der Waals surface area (Å²) >= 11 is 0. The van der Waals surface area contributed by atoms with E-state index in [0.29, 0.717) is 24.6 Å². The SMILES string of the molecule is CCN(CC)S(=O)(=O)N(C)Cc1cc(NC)nc([C@@H]2CCCCN2)n1. The number of rotatable bonds is 8. The number of hydrogen-bond donors (Lipinski definition) is 2. The van der Waals surface area contributed by atoms with Crippen LogP contribution in [0.4, 0.5) is 5.82 Å². The summed E-state index contributed by atoms with van der Waals surface area (Å²) in [6.45, 7) is 5.76. The van der Waals surface area contributed by atoms with Gasteiger partial charge in [0, 0.05) is 33.3 Å². The zero-order valence-electron chi connectivity index (χ0n) is 15.6. The molecule has 0 unspecified atom stereocenters. The summed E-state index contributed by atoms with van der Waals surface area (Å²) in [5, 5.41) is 6.49. The lowest BCUT2D eigenvalue weighted by Gasteiger charge is -2.26. The molecule has 1 fully saturated rings. The highest BCUT2D eigenvalue weighted by Gasteiger charge is 2.26. The van der Waals surface area contributed by atoms with E-state index in [1.165, 1.54) is 15.0 Å². The van der Waals surface area contributed by atoms with Crippen molar-refractivity contribution in [2.24, 2.45) is 0 Å². The number of anilines is 1. The Morgan fingerprint density at radius 3 is 2.56 bits per heavy atom. The van der Waals surface area contributed by atoms with Crippen LogP contribution in [0.1, 0.15) is 50.7 Å². The Kier molecular flexibility index (Phi) is 7.12. The number of piperidine rings is 1. The average Bonchev–Trinajstić information content (AvgIpc) is 2.62. The first-order valence-corrected chi connectivity index (χ1v) is 10.3. The molecule has 25 heavy (non-hydrogen) atoms. The van der Waals surface area contributed by atoms with Crippen LogP contribution >= 0.6 is 0 Å². The van der Waals surface area contributed by atoms with Crippen molar-refractivity contribution in [3.05, 3.63) is 17.6 Å². The van der Waals surface area contributed by atoms with Crippen molar-refractivity contribution >= 4 is 16.0 Å². The number of nitrogens with one attached hydrogen (secondary N) is 2. The smallest absolute Gasteiger partial charge is 0.282 e. The standard InChI is InChI=1S/C16H30N6O2S/c1-5-22(6-2)25(23,24)21(4)12-13-11-15(17-3)20-16(19-13)14-9-7-8-10-18-14/h11,14,18H,5-10,12H2,1-4H3,(H,17,19,20)/t14-/m0/s1. The van der Waals surface area contributed by atoms with Crippen molar-refractivity contribution < 1.29 is 8.42 Å². The van der Waals surface area contributed by atoms with E-state index in [4.69, 9.17) is 0 Å². The zero-order chi connectivity index (χ0) is 18.4. The minimum atomic E-state index is -3.49. The van der Waals surface area contributed by atoms with E-state index in [0.717, 1.165) is 25.2 Å². The molecule has 142 valence electrons. The summed E-state index contributed by atoms with van der Waals surface area (Å²) in [7, 11) is -0.0897. The fourth-order valence-electron chi connectivity index (χ4n) is 3.01. The van der Waals surface area contributed by atoms with Crippen LogP contribution in [0.3, 0.4) is 0 Å². The van der Waals surface area contributed by atoms with Crippen LogP contribution < -0.4 is 10.6 Å². The van der Waals surface area contributed by atoms with Crippen molar-refractivity contribution in [3.8, 4) is 0 Å². The molecule has 1 aromatic rings. The van der Waals surface area contributed by atoms with Gasteiger partial charge in [0.15, 0.2) is 0 Å². The first-order chi connectivity index (χ1) is 11.9. The van der Waals surface area contributed by atoms with Crippen LogP contribution in [0.2, 0.25) is 0 Å². The van der Waals surface area contributed by atoms with Gasteiger partial charge in [-0.25, -0.2) is 9.97 Å². The van der Waals surface area contributed by atoms with Crippen molar-refractivity contribution in [2.45, 2.75) is 45.7 Å². The maximum absolute atomic E-state index is 12.6. The lowest BCUT2D eigenvalue weighted by Crippen LogP contribution is -2.41. The van der Waals surface area contributed by atoms with E-state index in [1.807, 2.05) is 13.8 Å². The molecule has 2 heterocycles. The highest BCUT2D eigenvalue weighted by atomic mass is 32.2. The number of hydrogen-bond acceptors (Lipinski definition) is 6. The predicted molar refractivity (Wildman–Crippen MR) is 99.5 cm³/mol. The largest absolute Gasteiger partial charge is 0.373 e. The zero-order valence-corrected chi connectivity index (χ0v) is 16.4. The molecule has 9 heteroatoms. The van der Waals surface area contributed by atoms with Gasteiger partial charge in [0.1, 0.15) is 11.6 Å². The third-order valence-corrected chi connectivity index (χ3v) is 6.57. The molecular weight excluding hydrogens is 340 g/mol. The quantitative estimate of drug-likeness (QED) is 0.718. The fourth-order valence-corrected chi connectivity index (χ4v) is 4.35. The van der Waals surface area contributed by atoms with E-state index in [1.54, 1.807) is 20.2 Å². The van der Waals surface area contributed by atoms with E-state index < -0.39 is 10.2 Å². The van der Waals surface area contributed by atoms with Crippen LogP contribution in [0.15, 0.2) is 6.07 Å². The highest BCUT2D eigenvalue weighted by molar-refractivity contribution is 7.86. The van der Waals surface area contributed by atoms with Gasteiger partial charge in [-0.1, -0.05) is 20.3 Å². The van der Waals surface area contributed by atoms with Crippen molar-refractivity contribution in [2.75, 3.05) is 39.0 Å². The lowest BCUT2D eigenvalue weighted by molar-refractivity contribution is 0.370. The molecule has 1 atom stereocenters. The van der Waals surface area contributed by atoms with E-state index in [-0.39, 0.29) is 12.6 Å². The van der Waals surface area contributed by atoms with Gasteiger partial charge in [0.25, 0.3) is 10.2 Å². The van der Waals surface area contributed by atoms with Crippen LogP contribution in [-0.4, -0.2) is 60.7 Å². The van der Waals surface area contributed by atoms with Crippen LogP contribution in [0.25, 0.3) is 0 Å².